The van der Waals surface area contributed by atoms with Crippen molar-refractivity contribution in [3.63, 3.8) is 0 Å². The van der Waals surface area contributed by atoms with Crippen LogP contribution in [-0.2, 0) is 9.53 Å². The molecular formula is C17H21N3O4S. The molecule has 1 aliphatic rings. The summed E-state index contributed by atoms with van der Waals surface area (Å²) < 4.78 is 5.60. The molecule has 0 spiro atoms. The van der Waals surface area contributed by atoms with Gasteiger partial charge >= 0.3 is 5.97 Å². The number of carboxylic acids is 1. The third-order valence-electron chi connectivity index (χ3n) is 5.05. The summed E-state index contributed by atoms with van der Waals surface area (Å²) in [5.41, 5.74) is -1.20. The molecule has 2 aromatic rings. The SMILES string of the molecule is CCOC1CC(NC(=O)c2cc(-c3cccs3)[nH]n2)(C(=O)O)C1(C)C. The van der Waals surface area contributed by atoms with Gasteiger partial charge in [-0.05, 0) is 24.4 Å². The van der Waals surface area contributed by atoms with E-state index in [0.29, 0.717) is 6.61 Å². The van der Waals surface area contributed by atoms with Gasteiger partial charge in [-0.25, -0.2) is 4.79 Å². The first kappa shape index (κ1) is 17.6. The van der Waals surface area contributed by atoms with Crippen LogP contribution in [0.2, 0.25) is 0 Å². The van der Waals surface area contributed by atoms with Gasteiger partial charge in [0.25, 0.3) is 5.91 Å². The molecule has 3 N–H and O–H groups in total. The number of carbonyl (C=O) groups is 2. The Morgan fingerprint density at radius 1 is 1.52 bits per heavy atom. The number of nitrogens with zero attached hydrogens (tertiary/aromatic N) is 1. The van der Waals surface area contributed by atoms with Gasteiger partial charge in [0.05, 0.1) is 16.7 Å². The zero-order valence-electron chi connectivity index (χ0n) is 14.3. The highest BCUT2D eigenvalue weighted by molar-refractivity contribution is 7.13. The van der Waals surface area contributed by atoms with Crippen LogP contribution in [0, 0.1) is 5.41 Å². The Bertz CT molecular complexity index is 784. The predicted molar refractivity (Wildman–Crippen MR) is 93.5 cm³/mol. The molecule has 1 saturated carbocycles. The molecule has 1 aliphatic carbocycles. The molecule has 2 atom stereocenters. The van der Waals surface area contributed by atoms with E-state index in [0.717, 1.165) is 10.6 Å². The van der Waals surface area contributed by atoms with Gasteiger partial charge in [-0.2, -0.15) is 5.10 Å². The lowest BCUT2D eigenvalue weighted by molar-refractivity contribution is -0.190. The van der Waals surface area contributed by atoms with Crippen molar-refractivity contribution in [1.29, 1.82) is 0 Å². The molecule has 134 valence electrons. The Hall–Kier alpha value is -2.19. The van der Waals surface area contributed by atoms with Crippen LogP contribution < -0.4 is 5.32 Å². The van der Waals surface area contributed by atoms with Crippen molar-refractivity contribution in [3.05, 3.63) is 29.3 Å². The van der Waals surface area contributed by atoms with Gasteiger partial charge in [-0.15, -0.1) is 11.3 Å². The lowest BCUT2D eigenvalue weighted by atomic mass is 9.54. The monoisotopic (exact) mass is 363 g/mol. The normalized spacial score (nSPS) is 24.5. The van der Waals surface area contributed by atoms with Crippen molar-refractivity contribution in [2.24, 2.45) is 5.41 Å². The number of rotatable bonds is 6. The summed E-state index contributed by atoms with van der Waals surface area (Å²) in [6.45, 7) is 5.96. The molecule has 7 nitrogen and oxygen atoms in total. The maximum atomic E-state index is 12.6. The van der Waals surface area contributed by atoms with Crippen LogP contribution in [0.5, 0.6) is 0 Å². The highest BCUT2D eigenvalue weighted by Gasteiger charge is 2.66. The fourth-order valence-corrected chi connectivity index (χ4v) is 3.98. The molecule has 0 radical (unpaired) electrons. The molecule has 0 saturated heterocycles. The summed E-state index contributed by atoms with van der Waals surface area (Å²) in [5.74, 6) is -1.57. The summed E-state index contributed by atoms with van der Waals surface area (Å²) >= 11 is 1.53. The first-order valence-corrected chi connectivity index (χ1v) is 8.96. The third kappa shape index (κ3) is 2.75. The number of carbonyl (C=O) groups excluding carboxylic acids is 1. The molecule has 25 heavy (non-hydrogen) atoms. The van der Waals surface area contributed by atoms with Gasteiger partial charge in [-0.1, -0.05) is 19.9 Å². The Morgan fingerprint density at radius 2 is 2.28 bits per heavy atom. The molecule has 2 unspecified atom stereocenters. The topological polar surface area (TPSA) is 104 Å². The standard InChI is InChI=1S/C17H21N3O4S/c1-4-24-13-9-17(15(22)23,16(13,2)3)18-14(21)11-8-10(19-20-11)12-6-5-7-25-12/h5-8,13H,4,9H2,1-3H3,(H,18,21)(H,19,20)(H,22,23). The second-order valence-electron chi connectivity index (χ2n) is 6.68. The van der Waals surface area contributed by atoms with Crippen LogP contribution in [0.25, 0.3) is 10.6 Å². The number of thiophene rings is 1. The van der Waals surface area contributed by atoms with Crippen molar-refractivity contribution in [2.45, 2.75) is 38.8 Å². The van der Waals surface area contributed by atoms with E-state index in [4.69, 9.17) is 4.74 Å². The number of hydrogen-bond acceptors (Lipinski definition) is 5. The molecule has 1 fully saturated rings. The van der Waals surface area contributed by atoms with E-state index in [1.54, 1.807) is 19.9 Å². The van der Waals surface area contributed by atoms with Crippen molar-refractivity contribution >= 4 is 23.2 Å². The molecule has 0 bridgehead atoms. The minimum atomic E-state index is -1.37. The number of aromatic amines is 1. The average molecular weight is 363 g/mol. The molecule has 2 heterocycles. The fraction of sp³-hybridized carbons (Fsp3) is 0.471. The van der Waals surface area contributed by atoms with Crippen LogP contribution in [0.3, 0.4) is 0 Å². The summed E-state index contributed by atoms with van der Waals surface area (Å²) in [6, 6.07) is 5.45. The van der Waals surface area contributed by atoms with Crippen LogP contribution in [0.15, 0.2) is 23.6 Å². The van der Waals surface area contributed by atoms with E-state index >= 15 is 0 Å². The van der Waals surface area contributed by atoms with Gasteiger partial charge in [0.15, 0.2) is 5.69 Å². The smallest absolute Gasteiger partial charge is 0.330 e. The highest BCUT2D eigenvalue weighted by atomic mass is 32.1. The van der Waals surface area contributed by atoms with Crippen molar-refractivity contribution < 1.29 is 19.4 Å². The zero-order valence-corrected chi connectivity index (χ0v) is 15.1. The zero-order chi connectivity index (χ0) is 18.2. The number of nitrogens with one attached hydrogen (secondary N) is 2. The number of H-pyrrole nitrogens is 1. The number of aromatic nitrogens is 2. The third-order valence-corrected chi connectivity index (χ3v) is 5.96. The van der Waals surface area contributed by atoms with Crippen LogP contribution in [0.4, 0.5) is 0 Å². The van der Waals surface area contributed by atoms with Crippen LogP contribution in [0.1, 0.15) is 37.7 Å². The molecule has 0 aliphatic heterocycles. The van der Waals surface area contributed by atoms with E-state index in [1.165, 1.54) is 11.3 Å². The summed E-state index contributed by atoms with van der Waals surface area (Å²) in [4.78, 5) is 25.5. The minimum Gasteiger partial charge on any atom is -0.479 e. The van der Waals surface area contributed by atoms with Crippen LogP contribution >= 0.6 is 11.3 Å². The van der Waals surface area contributed by atoms with Crippen molar-refractivity contribution in [2.75, 3.05) is 6.61 Å². The van der Waals surface area contributed by atoms with Crippen molar-refractivity contribution in [1.82, 2.24) is 15.5 Å². The second kappa shape index (κ2) is 6.27. The molecular weight excluding hydrogens is 342 g/mol. The molecule has 8 heteroatoms. The molecule has 2 aromatic heterocycles. The molecule has 3 rings (SSSR count). The highest BCUT2D eigenvalue weighted by Crippen LogP contribution is 2.51. The lowest BCUT2D eigenvalue weighted by Crippen LogP contribution is -2.76. The van der Waals surface area contributed by atoms with Crippen molar-refractivity contribution in [3.8, 4) is 10.6 Å². The quantitative estimate of drug-likeness (QED) is 0.731. The van der Waals surface area contributed by atoms with E-state index in [9.17, 15) is 14.7 Å². The Morgan fingerprint density at radius 3 is 2.84 bits per heavy atom. The summed E-state index contributed by atoms with van der Waals surface area (Å²) in [5, 5.41) is 21.2. The van der Waals surface area contributed by atoms with E-state index < -0.39 is 22.8 Å². The Labute approximate surface area is 149 Å². The molecule has 0 aromatic carbocycles. The minimum absolute atomic E-state index is 0.166. The van der Waals surface area contributed by atoms with Gasteiger partial charge in [0.1, 0.15) is 5.54 Å². The van der Waals surface area contributed by atoms with E-state index in [-0.39, 0.29) is 18.2 Å². The van der Waals surface area contributed by atoms with E-state index in [2.05, 4.69) is 15.5 Å². The van der Waals surface area contributed by atoms with E-state index in [1.807, 2.05) is 24.4 Å². The predicted octanol–water partition coefficient (Wildman–Crippen LogP) is 2.53. The fourth-order valence-electron chi connectivity index (χ4n) is 3.29. The average Bonchev–Trinajstić information content (AvgIpc) is 3.23. The Balaban J connectivity index is 1.80. The number of hydrogen-bond donors (Lipinski definition) is 3. The maximum Gasteiger partial charge on any atom is 0.330 e. The molecule has 1 amide bonds. The largest absolute Gasteiger partial charge is 0.479 e. The number of aliphatic carboxylic acids is 1. The second-order valence-corrected chi connectivity index (χ2v) is 7.63. The van der Waals surface area contributed by atoms with Gasteiger partial charge in [-0.3, -0.25) is 9.89 Å². The lowest BCUT2D eigenvalue weighted by Gasteiger charge is -2.58. The summed E-state index contributed by atoms with van der Waals surface area (Å²) in [6.07, 6.45) is 0.0201. The number of amides is 1. The van der Waals surface area contributed by atoms with Gasteiger partial charge in [0, 0.05) is 18.4 Å². The van der Waals surface area contributed by atoms with Gasteiger partial charge in [0.2, 0.25) is 0 Å². The maximum absolute atomic E-state index is 12.6. The first-order chi connectivity index (χ1) is 11.8. The first-order valence-electron chi connectivity index (χ1n) is 8.08. The van der Waals surface area contributed by atoms with Gasteiger partial charge < -0.3 is 15.2 Å². The van der Waals surface area contributed by atoms with Crippen LogP contribution in [-0.4, -0.2) is 45.4 Å². The summed E-state index contributed by atoms with van der Waals surface area (Å²) in [7, 11) is 0. The Kier molecular flexibility index (Phi) is 4.42. The number of carboxylic acid groups (broad SMARTS) is 1. The number of ether oxygens (including phenoxy) is 1.